The molecular weight excluding hydrogens is 423 g/mol. The molecular formula is C23H29FN8O. The zero-order valence-corrected chi connectivity index (χ0v) is 19.0. The third kappa shape index (κ3) is 4.51. The summed E-state index contributed by atoms with van der Waals surface area (Å²) in [6.45, 7) is 2.19. The predicted octanol–water partition coefficient (Wildman–Crippen LogP) is 3.71. The summed E-state index contributed by atoms with van der Waals surface area (Å²) in [4.78, 5) is 7.97. The molecule has 10 heteroatoms. The topological polar surface area (TPSA) is 106 Å². The Balaban J connectivity index is 1.40. The van der Waals surface area contributed by atoms with Gasteiger partial charge in [-0.25, -0.2) is 9.37 Å². The van der Waals surface area contributed by atoms with E-state index in [-0.39, 0.29) is 11.8 Å². The van der Waals surface area contributed by atoms with Gasteiger partial charge in [0.1, 0.15) is 11.9 Å². The second-order valence-electron chi connectivity index (χ2n) is 9.14. The number of aryl methyl sites for hydroxylation is 1. The number of halogens is 1. The van der Waals surface area contributed by atoms with Crippen molar-refractivity contribution in [3.63, 3.8) is 0 Å². The van der Waals surface area contributed by atoms with Gasteiger partial charge in [-0.2, -0.15) is 4.80 Å². The Hall–Kier alpha value is -3.17. The van der Waals surface area contributed by atoms with Crippen LogP contribution in [0.5, 0.6) is 5.75 Å². The van der Waals surface area contributed by atoms with Gasteiger partial charge in [-0.05, 0) is 48.9 Å². The van der Waals surface area contributed by atoms with Crippen LogP contribution < -0.4 is 4.90 Å². The Morgan fingerprint density at radius 1 is 1.12 bits per heavy atom. The lowest BCUT2D eigenvalue weighted by Crippen LogP contribution is -2.44. The van der Waals surface area contributed by atoms with Crippen molar-refractivity contribution in [1.82, 2.24) is 35.4 Å². The van der Waals surface area contributed by atoms with E-state index >= 15 is 4.39 Å². The molecule has 9 nitrogen and oxygen atoms in total. The number of hydrogen-bond donors (Lipinski definition) is 1. The third-order valence-corrected chi connectivity index (χ3v) is 6.78. The molecule has 0 unspecified atom stereocenters. The highest BCUT2D eigenvalue weighted by Gasteiger charge is 2.40. The van der Waals surface area contributed by atoms with Gasteiger partial charge in [0.15, 0.2) is 11.6 Å². The Bertz CT molecular complexity index is 1100. The Kier molecular flexibility index (Phi) is 5.90. The van der Waals surface area contributed by atoms with E-state index in [0.29, 0.717) is 47.0 Å². The molecule has 0 spiro atoms. The molecule has 2 saturated carbocycles. The summed E-state index contributed by atoms with van der Waals surface area (Å²) >= 11 is 0. The van der Waals surface area contributed by atoms with Crippen LogP contribution in [0, 0.1) is 5.92 Å². The highest BCUT2D eigenvalue weighted by atomic mass is 19.1. The van der Waals surface area contributed by atoms with E-state index in [0.717, 1.165) is 38.5 Å². The molecule has 5 rings (SSSR count). The fraction of sp³-hybridized carbons (Fsp3) is 0.565. The fourth-order valence-electron chi connectivity index (χ4n) is 4.81. The lowest BCUT2D eigenvalue weighted by molar-refractivity contribution is 0.247. The number of aromatic nitrogens is 7. The molecule has 0 saturated heterocycles. The van der Waals surface area contributed by atoms with Crippen molar-refractivity contribution in [2.24, 2.45) is 13.0 Å². The van der Waals surface area contributed by atoms with Gasteiger partial charge < -0.3 is 10.0 Å². The SMILES string of the molecule is CC[C@@H]1CCC[C@H](F)[C@H](N(c2cnc(-c3ccc(-c4nnn(C)n4)cc3O)nn2)C2CC2)C1. The lowest BCUT2D eigenvalue weighted by atomic mass is 9.94. The maximum atomic E-state index is 15.2. The smallest absolute Gasteiger partial charge is 0.205 e. The van der Waals surface area contributed by atoms with E-state index in [1.165, 1.54) is 4.80 Å². The molecule has 2 aliphatic rings. The van der Waals surface area contributed by atoms with Crippen LogP contribution >= 0.6 is 0 Å². The minimum absolute atomic E-state index is 0.00642. The molecule has 2 fully saturated rings. The predicted molar refractivity (Wildman–Crippen MR) is 121 cm³/mol. The van der Waals surface area contributed by atoms with Crippen molar-refractivity contribution >= 4 is 5.82 Å². The lowest BCUT2D eigenvalue weighted by Gasteiger charge is -2.35. The molecule has 2 aromatic heterocycles. The van der Waals surface area contributed by atoms with Crippen LogP contribution in [0.25, 0.3) is 22.8 Å². The Labute approximate surface area is 192 Å². The standard InChI is InChI=1S/C23H29FN8O/c1-3-14-5-4-6-18(24)19(11-14)32(16-8-9-16)21-13-25-23(27-26-21)17-10-7-15(12-20(17)33)22-28-30-31(2)29-22/h7,10,12-14,16,18-19,33H,3-6,8-9,11H2,1-2H3/t14-,18+,19-/m1/s1. The molecule has 0 amide bonds. The molecule has 174 valence electrons. The van der Waals surface area contributed by atoms with Crippen molar-refractivity contribution in [3.8, 4) is 28.5 Å². The van der Waals surface area contributed by atoms with Crippen molar-refractivity contribution in [2.75, 3.05) is 4.90 Å². The van der Waals surface area contributed by atoms with Gasteiger partial charge in [0, 0.05) is 11.6 Å². The van der Waals surface area contributed by atoms with E-state index in [1.54, 1.807) is 31.4 Å². The number of benzene rings is 1. The van der Waals surface area contributed by atoms with Gasteiger partial charge in [0.05, 0.1) is 24.8 Å². The number of nitrogens with zero attached hydrogens (tertiary/aromatic N) is 8. The van der Waals surface area contributed by atoms with Crippen molar-refractivity contribution in [1.29, 1.82) is 0 Å². The number of aromatic hydroxyl groups is 1. The van der Waals surface area contributed by atoms with Crippen molar-refractivity contribution < 1.29 is 9.50 Å². The van der Waals surface area contributed by atoms with Crippen molar-refractivity contribution in [3.05, 3.63) is 24.4 Å². The van der Waals surface area contributed by atoms with Gasteiger partial charge in [-0.15, -0.1) is 20.4 Å². The summed E-state index contributed by atoms with van der Waals surface area (Å²) in [6.07, 6.45) is 7.44. The average Bonchev–Trinajstić information content (AvgIpc) is 3.59. The van der Waals surface area contributed by atoms with Crippen LogP contribution in [0.3, 0.4) is 0 Å². The van der Waals surface area contributed by atoms with Crippen LogP contribution in [-0.2, 0) is 7.05 Å². The second-order valence-corrected chi connectivity index (χ2v) is 9.14. The number of rotatable bonds is 6. The zero-order chi connectivity index (χ0) is 22.9. The maximum Gasteiger partial charge on any atom is 0.205 e. The third-order valence-electron chi connectivity index (χ3n) is 6.78. The average molecular weight is 453 g/mol. The number of phenolic OH excluding ortho intramolecular Hbond substituents is 1. The van der Waals surface area contributed by atoms with E-state index in [4.69, 9.17) is 0 Å². The first-order valence-electron chi connectivity index (χ1n) is 11.7. The Morgan fingerprint density at radius 2 is 1.97 bits per heavy atom. The quantitative estimate of drug-likeness (QED) is 0.564. The molecule has 0 bridgehead atoms. The number of anilines is 1. The van der Waals surface area contributed by atoms with Crippen LogP contribution in [0.4, 0.5) is 10.2 Å². The van der Waals surface area contributed by atoms with Gasteiger partial charge in [-0.3, -0.25) is 0 Å². The highest BCUT2D eigenvalue weighted by Crippen LogP contribution is 2.39. The Morgan fingerprint density at radius 3 is 2.61 bits per heavy atom. The molecule has 1 N–H and O–H groups in total. The fourth-order valence-corrected chi connectivity index (χ4v) is 4.81. The van der Waals surface area contributed by atoms with Crippen LogP contribution in [0.2, 0.25) is 0 Å². The monoisotopic (exact) mass is 452 g/mol. The maximum absolute atomic E-state index is 15.2. The van der Waals surface area contributed by atoms with E-state index in [2.05, 4.69) is 42.4 Å². The van der Waals surface area contributed by atoms with Gasteiger partial charge in [0.25, 0.3) is 0 Å². The number of tetrazole rings is 1. The van der Waals surface area contributed by atoms with Gasteiger partial charge >= 0.3 is 0 Å². The van der Waals surface area contributed by atoms with E-state index in [9.17, 15) is 5.11 Å². The second kappa shape index (κ2) is 8.99. The summed E-state index contributed by atoms with van der Waals surface area (Å²) in [6, 6.07) is 5.18. The van der Waals surface area contributed by atoms with E-state index in [1.807, 2.05) is 0 Å². The number of phenols is 1. The highest BCUT2D eigenvalue weighted by molar-refractivity contribution is 5.69. The number of alkyl halides is 1. The summed E-state index contributed by atoms with van der Waals surface area (Å²) in [7, 11) is 1.68. The minimum atomic E-state index is -0.866. The van der Waals surface area contributed by atoms with Gasteiger partial charge in [0.2, 0.25) is 5.82 Å². The van der Waals surface area contributed by atoms with Gasteiger partial charge in [-0.1, -0.05) is 32.3 Å². The first-order valence-corrected chi connectivity index (χ1v) is 11.7. The molecule has 0 aliphatic heterocycles. The first kappa shape index (κ1) is 21.7. The summed E-state index contributed by atoms with van der Waals surface area (Å²) in [5.41, 5.74) is 1.10. The molecule has 33 heavy (non-hydrogen) atoms. The zero-order valence-electron chi connectivity index (χ0n) is 19.0. The normalized spacial score (nSPS) is 23.3. The molecule has 1 aromatic carbocycles. The van der Waals surface area contributed by atoms with Crippen LogP contribution in [0.1, 0.15) is 51.9 Å². The molecule has 3 atom stereocenters. The summed E-state index contributed by atoms with van der Waals surface area (Å²) in [5, 5.41) is 31.2. The molecule has 2 aliphatic carbocycles. The largest absolute Gasteiger partial charge is 0.507 e. The summed E-state index contributed by atoms with van der Waals surface area (Å²) in [5.74, 6) is 1.90. The summed E-state index contributed by atoms with van der Waals surface area (Å²) < 4.78 is 15.2. The first-order chi connectivity index (χ1) is 16.0. The number of hydrogen-bond acceptors (Lipinski definition) is 8. The van der Waals surface area contributed by atoms with E-state index < -0.39 is 6.17 Å². The molecule has 3 aromatic rings. The molecule has 0 radical (unpaired) electrons. The van der Waals surface area contributed by atoms with Crippen LogP contribution in [0.15, 0.2) is 24.4 Å². The van der Waals surface area contributed by atoms with Crippen LogP contribution in [-0.4, -0.2) is 58.8 Å². The van der Waals surface area contributed by atoms with Crippen molar-refractivity contribution in [2.45, 2.75) is 70.1 Å². The molecule has 2 heterocycles. The minimum Gasteiger partial charge on any atom is -0.507 e.